The molecule has 0 radical (unpaired) electrons. The number of fused-ring (bicyclic) bond motifs is 1. The van der Waals surface area contributed by atoms with Gasteiger partial charge in [-0.1, -0.05) is 6.07 Å². The highest BCUT2D eigenvalue weighted by Crippen LogP contribution is 2.12. The van der Waals surface area contributed by atoms with E-state index in [0.29, 0.717) is 17.1 Å². The average molecular weight is 299 g/mol. The molecule has 0 aliphatic rings. The van der Waals surface area contributed by atoms with Crippen molar-refractivity contribution in [3.05, 3.63) is 58.4 Å². The number of methoxy groups -OCH3 is 1. The summed E-state index contributed by atoms with van der Waals surface area (Å²) in [4.78, 5) is 26.2. The number of carbonyl (C=O) groups is 1. The molecule has 22 heavy (non-hydrogen) atoms. The van der Waals surface area contributed by atoms with Crippen molar-refractivity contribution in [1.82, 2.24) is 24.9 Å². The number of ether oxygens (including phenoxy) is 1. The summed E-state index contributed by atoms with van der Waals surface area (Å²) in [5.74, 6) is 0.810. The van der Waals surface area contributed by atoms with Gasteiger partial charge in [-0.2, -0.15) is 0 Å². The Morgan fingerprint density at radius 2 is 2.27 bits per heavy atom. The molecule has 0 aliphatic heterocycles. The molecule has 0 bridgehead atoms. The van der Waals surface area contributed by atoms with Crippen molar-refractivity contribution < 1.29 is 9.53 Å². The number of amides is 1. The molecule has 0 fully saturated rings. The Morgan fingerprint density at radius 3 is 3.09 bits per heavy atom. The lowest BCUT2D eigenvalue weighted by atomic mass is 10.2. The molecule has 2 aromatic heterocycles. The summed E-state index contributed by atoms with van der Waals surface area (Å²) in [7, 11) is 1.54. The number of aromatic nitrogens is 4. The van der Waals surface area contributed by atoms with E-state index in [1.54, 1.807) is 30.5 Å². The van der Waals surface area contributed by atoms with Gasteiger partial charge < -0.3 is 15.0 Å². The van der Waals surface area contributed by atoms with E-state index in [-0.39, 0.29) is 23.7 Å². The van der Waals surface area contributed by atoms with Crippen LogP contribution >= 0.6 is 0 Å². The van der Waals surface area contributed by atoms with Crippen LogP contribution in [0.1, 0.15) is 16.2 Å². The first-order valence-corrected chi connectivity index (χ1v) is 6.52. The third kappa shape index (κ3) is 2.53. The molecule has 8 nitrogen and oxygen atoms in total. The van der Waals surface area contributed by atoms with Crippen molar-refractivity contribution in [3.8, 4) is 5.75 Å². The molecule has 2 heterocycles. The smallest absolute Gasteiger partial charge is 0.293 e. The average Bonchev–Trinajstić information content (AvgIpc) is 2.97. The van der Waals surface area contributed by atoms with Gasteiger partial charge in [0.2, 0.25) is 5.65 Å². The summed E-state index contributed by atoms with van der Waals surface area (Å²) in [6.45, 7) is 0.153. The molecular weight excluding hydrogens is 286 g/mol. The molecule has 0 spiro atoms. The fourth-order valence-corrected chi connectivity index (χ4v) is 2.03. The number of hydrogen-bond acceptors (Lipinski definition) is 5. The van der Waals surface area contributed by atoms with E-state index in [2.05, 4.69) is 20.5 Å². The Labute approximate surface area is 124 Å². The van der Waals surface area contributed by atoms with E-state index < -0.39 is 0 Å². The largest absolute Gasteiger partial charge is 0.497 e. The van der Waals surface area contributed by atoms with Crippen LogP contribution in [-0.2, 0) is 6.54 Å². The highest BCUT2D eigenvalue weighted by Gasteiger charge is 2.11. The molecule has 112 valence electrons. The number of nitrogens with zero attached hydrogens (tertiary/aromatic N) is 3. The van der Waals surface area contributed by atoms with E-state index in [0.717, 1.165) is 0 Å². The van der Waals surface area contributed by atoms with Crippen molar-refractivity contribution in [1.29, 1.82) is 0 Å². The van der Waals surface area contributed by atoms with E-state index in [9.17, 15) is 9.59 Å². The monoisotopic (exact) mass is 299 g/mol. The van der Waals surface area contributed by atoms with Crippen LogP contribution in [0, 0.1) is 0 Å². The second-order valence-corrected chi connectivity index (χ2v) is 4.51. The van der Waals surface area contributed by atoms with Crippen LogP contribution in [0.25, 0.3) is 5.65 Å². The van der Waals surface area contributed by atoms with Crippen LogP contribution in [0.4, 0.5) is 0 Å². The maximum atomic E-state index is 12.1. The maximum Gasteiger partial charge on any atom is 0.293 e. The zero-order chi connectivity index (χ0) is 15.5. The highest BCUT2D eigenvalue weighted by atomic mass is 16.5. The zero-order valence-corrected chi connectivity index (χ0v) is 11.7. The molecule has 0 aliphatic carbocycles. The SMILES string of the molecule is COc1cccc(C(=O)NCc2nnc3c(=O)[nH]ccn23)c1. The molecule has 0 saturated heterocycles. The van der Waals surface area contributed by atoms with Gasteiger partial charge in [-0.15, -0.1) is 10.2 Å². The summed E-state index contributed by atoms with van der Waals surface area (Å²) in [5.41, 5.74) is 0.333. The molecule has 2 N–H and O–H groups in total. The fraction of sp³-hybridized carbons (Fsp3) is 0.143. The molecule has 3 rings (SSSR count). The van der Waals surface area contributed by atoms with Gasteiger partial charge in [0.1, 0.15) is 5.75 Å². The quantitative estimate of drug-likeness (QED) is 0.724. The number of nitrogens with one attached hydrogen (secondary N) is 2. The first-order chi connectivity index (χ1) is 10.7. The first kappa shape index (κ1) is 13.8. The Kier molecular flexibility index (Phi) is 3.57. The van der Waals surface area contributed by atoms with Gasteiger partial charge in [0.05, 0.1) is 13.7 Å². The van der Waals surface area contributed by atoms with Gasteiger partial charge in [0, 0.05) is 18.0 Å². The fourth-order valence-electron chi connectivity index (χ4n) is 2.03. The Hall–Kier alpha value is -3.16. The van der Waals surface area contributed by atoms with E-state index >= 15 is 0 Å². The van der Waals surface area contributed by atoms with Gasteiger partial charge in [-0.25, -0.2) is 0 Å². The second-order valence-electron chi connectivity index (χ2n) is 4.51. The number of benzene rings is 1. The van der Waals surface area contributed by atoms with Gasteiger partial charge >= 0.3 is 0 Å². The van der Waals surface area contributed by atoms with Crippen molar-refractivity contribution in [2.24, 2.45) is 0 Å². The summed E-state index contributed by atoms with van der Waals surface area (Å²) >= 11 is 0. The van der Waals surface area contributed by atoms with E-state index in [1.165, 1.54) is 17.7 Å². The number of carbonyl (C=O) groups excluding carboxylic acids is 1. The molecular formula is C14H13N5O3. The van der Waals surface area contributed by atoms with Crippen LogP contribution in [0.5, 0.6) is 5.75 Å². The minimum Gasteiger partial charge on any atom is -0.497 e. The summed E-state index contributed by atoms with van der Waals surface area (Å²) < 4.78 is 6.61. The van der Waals surface area contributed by atoms with Crippen LogP contribution in [0.3, 0.4) is 0 Å². The van der Waals surface area contributed by atoms with Gasteiger partial charge in [-0.05, 0) is 18.2 Å². The number of aromatic amines is 1. The minimum absolute atomic E-state index is 0.153. The van der Waals surface area contributed by atoms with Crippen LogP contribution in [-0.4, -0.2) is 32.6 Å². The summed E-state index contributed by atoms with van der Waals surface area (Å²) in [6, 6.07) is 6.82. The Balaban J connectivity index is 1.77. The van der Waals surface area contributed by atoms with Gasteiger partial charge in [0.15, 0.2) is 5.82 Å². The first-order valence-electron chi connectivity index (χ1n) is 6.52. The molecule has 1 aromatic carbocycles. The van der Waals surface area contributed by atoms with Crippen molar-refractivity contribution in [3.63, 3.8) is 0 Å². The van der Waals surface area contributed by atoms with Gasteiger partial charge in [0.25, 0.3) is 11.5 Å². The third-order valence-corrected chi connectivity index (χ3v) is 3.15. The van der Waals surface area contributed by atoms with Crippen molar-refractivity contribution in [2.75, 3.05) is 7.11 Å². The number of H-pyrrole nitrogens is 1. The Bertz CT molecular complexity index is 883. The molecule has 0 saturated carbocycles. The normalized spacial score (nSPS) is 10.6. The second kappa shape index (κ2) is 5.68. The number of hydrogen-bond donors (Lipinski definition) is 2. The van der Waals surface area contributed by atoms with Gasteiger partial charge in [-0.3, -0.25) is 14.0 Å². The lowest BCUT2D eigenvalue weighted by Gasteiger charge is -2.05. The molecule has 8 heteroatoms. The summed E-state index contributed by atoms with van der Waals surface area (Å²) in [6.07, 6.45) is 3.12. The van der Waals surface area contributed by atoms with Crippen molar-refractivity contribution >= 4 is 11.6 Å². The van der Waals surface area contributed by atoms with Crippen LogP contribution in [0.2, 0.25) is 0 Å². The highest BCUT2D eigenvalue weighted by molar-refractivity contribution is 5.94. The predicted octanol–water partition coefficient (Wildman–Crippen LogP) is 0.356. The lowest BCUT2D eigenvalue weighted by molar-refractivity contribution is 0.0949. The van der Waals surface area contributed by atoms with Crippen LogP contribution in [0.15, 0.2) is 41.5 Å². The predicted molar refractivity (Wildman–Crippen MR) is 77.8 cm³/mol. The lowest BCUT2D eigenvalue weighted by Crippen LogP contribution is -2.24. The minimum atomic E-state index is -0.333. The standard InChI is InChI=1S/C14H13N5O3/c1-22-10-4-2-3-9(7-10)13(20)16-8-11-17-18-12-14(21)15-5-6-19(11)12/h2-7H,8H2,1H3,(H,15,21)(H,16,20). The third-order valence-electron chi connectivity index (χ3n) is 3.15. The molecule has 3 aromatic rings. The molecule has 1 amide bonds. The van der Waals surface area contributed by atoms with Crippen molar-refractivity contribution in [2.45, 2.75) is 6.54 Å². The summed E-state index contributed by atoms with van der Waals surface area (Å²) in [5, 5.41) is 10.4. The molecule has 0 atom stereocenters. The van der Waals surface area contributed by atoms with E-state index in [1.807, 2.05) is 0 Å². The maximum absolute atomic E-state index is 12.1. The zero-order valence-electron chi connectivity index (χ0n) is 11.7. The molecule has 0 unspecified atom stereocenters. The van der Waals surface area contributed by atoms with Crippen LogP contribution < -0.4 is 15.6 Å². The Morgan fingerprint density at radius 1 is 1.41 bits per heavy atom. The van der Waals surface area contributed by atoms with E-state index in [4.69, 9.17) is 4.74 Å². The number of rotatable bonds is 4. The topological polar surface area (TPSA) is 101 Å².